The van der Waals surface area contributed by atoms with E-state index in [1.807, 2.05) is 24.4 Å². The second-order valence-corrected chi connectivity index (χ2v) is 9.47. The van der Waals surface area contributed by atoms with Crippen LogP contribution >= 0.6 is 11.3 Å². The number of carboxylic acids is 1. The SMILES string of the molecule is CCCCn1c(-c2csc(COc3ccc(C(C)(C)C)cc3)n2)cc(C(=O)O)c1C. The molecule has 2 aromatic heterocycles. The highest BCUT2D eigenvalue weighted by atomic mass is 32.1. The van der Waals surface area contributed by atoms with E-state index in [2.05, 4.69) is 44.4 Å². The molecule has 0 spiro atoms. The van der Waals surface area contributed by atoms with Gasteiger partial charge in [-0.25, -0.2) is 9.78 Å². The van der Waals surface area contributed by atoms with Crippen LogP contribution < -0.4 is 4.74 Å². The molecule has 1 N–H and O–H groups in total. The summed E-state index contributed by atoms with van der Waals surface area (Å²) in [6.45, 7) is 11.7. The molecule has 6 heteroatoms. The van der Waals surface area contributed by atoms with Gasteiger partial charge in [0.05, 0.1) is 17.0 Å². The third-order valence-electron chi connectivity index (χ3n) is 5.23. The minimum atomic E-state index is -0.901. The van der Waals surface area contributed by atoms with Gasteiger partial charge in [-0.15, -0.1) is 11.3 Å². The number of hydrogen-bond donors (Lipinski definition) is 1. The summed E-state index contributed by atoms with van der Waals surface area (Å²) in [5.41, 5.74) is 4.15. The number of ether oxygens (including phenoxy) is 1. The maximum atomic E-state index is 11.6. The first-order valence-electron chi connectivity index (χ1n) is 10.3. The van der Waals surface area contributed by atoms with Gasteiger partial charge in [0.1, 0.15) is 17.4 Å². The van der Waals surface area contributed by atoms with Gasteiger partial charge in [0.15, 0.2) is 0 Å². The lowest BCUT2D eigenvalue weighted by Gasteiger charge is -2.19. The Morgan fingerprint density at radius 3 is 2.53 bits per heavy atom. The Bertz CT molecular complexity index is 1010. The molecular weight excluding hydrogens is 396 g/mol. The summed E-state index contributed by atoms with van der Waals surface area (Å²) in [5.74, 6) is -0.0865. The predicted octanol–water partition coefficient (Wildman–Crippen LogP) is 6.29. The summed E-state index contributed by atoms with van der Waals surface area (Å²) >= 11 is 1.53. The zero-order valence-electron chi connectivity index (χ0n) is 18.4. The van der Waals surface area contributed by atoms with E-state index in [1.54, 1.807) is 6.07 Å². The first-order valence-corrected chi connectivity index (χ1v) is 11.2. The summed E-state index contributed by atoms with van der Waals surface area (Å²) < 4.78 is 7.99. The first kappa shape index (κ1) is 22.1. The van der Waals surface area contributed by atoms with E-state index in [1.165, 1.54) is 16.9 Å². The van der Waals surface area contributed by atoms with Crippen molar-refractivity contribution in [1.82, 2.24) is 9.55 Å². The van der Waals surface area contributed by atoms with Gasteiger partial charge in [0.25, 0.3) is 0 Å². The minimum Gasteiger partial charge on any atom is -0.486 e. The molecule has 2 heterocycles. The lowest BCUT2D eigenvalue weighted by atomic mass is 9.87. The summed E-state index contributed by atoms with van der Waals surface area (Å²) in [5, 5.41) is 12.3. The average Bonchev–Trinajstić information content (AvgIpc) is 3.29. The van der Waals surface area contributed by atoms with Crippen LogP contribution in [0.5, 0.6) is 5.75 Å². The van der Waals surface area contributed by atoms with Crippen LogP contribution in [0.25, 0.3) is 11.4 Å². The Hall–Kier alpha value is -2.60. The van der Waals surface area contributed by atoms with Gasteiger partial charge in [-0.2, -0.15) is 0 Å². The van der Waals surface area contributed by atoms with Crippen LogP contribution in [0.2, 0.25) is 0 Å². The zero-order valence-corrected chi connectivity index (χ0v) is 19.2. The zero-order chi connectivity index (χ0) is 21.9. The van der Waals surface area contributed by atoms with Gasteiger partial charge in [0.2, 0.25) is 0 Å². The van der Waals surface area contributed by atoms with Crippen LogP contribution in [0.15, 0.2) is 35.7 Å². The van der Waals surface area contributed by atoms with Crippen LogP contribution in [0.4, 0.5) is 0 Å². The standard InChI is InChI=1S/C24H30N2O3S/c1-6-7-12-26-16(2)19(23(27)28)13-21(26)20-15-30-22(25-20)14-29-18-10-8-17(9-11-18)24(3,4)5/h8-11,13,15H,6-7,12,14H2,1-5H3,(H,27,28). The van der Waals surface area contributed by atoms with Crippen molar-refractivity contribution < 1.29 is 14.6 Å². The second kappa shape index (κ2) is 9.04. The molecule has 160 valence electrons. The third-order valence-corrected chi connectivity index (χ3v) is 6.05. The maximum Gasteiger partial charge on any atom is 0.337 e. The van der Waals surface area contributed by atoms with Crippen molar-refractivity contribution in [3.63, 3.8) is 0 Å². The van der Waals surface area contributed by atoms with Crippen molar-refractivity contribution in [3.8, 4) is 17.1 Å². The largest absolute Gasteiger partial charge is 0.486 e. The number of thiazole rings is 1. The van der Waals surface area contributed by atoms with Crippen molar-refractivity contribution in [2.75, 3.05) is 0 Å². The molecule has 1 aromatic carbocycles. The fraction of sp³-hybridized carbons (Fsp3) is 0.417. The van der Waals surface area contributed by atoms with Crippen LogP contribution in [0.3, 0.4) is 0 Å². The van der Waals surface area contributed by atoms with E-state index in [-0.39, 0.29) is 5.41 Å². The van der Waals surface area contributed by atoms with Crippen molar-refractivity contribution in [1.29, 1.82) is 0 Å². The van der Waals surface area contributed by atoms with Crippen molar-refractivity contribution in [3.05, 3.63) is 57.5 Å². The van der Waals surface area contributed by atoms with Gasteiger partial charge in [-0.1, -0.05) is 46.2 Å². The summed E-state index contributed by atoms with van der Waals surface area (Å²) in [4.78, 5) is 16.3. The number of carboxylic acid groups (broad SMARTS) is 1. The Labute approximate surface area is 182 Å². The van der Waals surface area contributed by atoms with Gasteiger partial charge in [0, 0.05) is 17.6 Å². The lowest BCUT2D eigenvalue weighted by molar-refractivity contribution is 0.0696. The number of hydrogen-bond acceptors (Lipinski definition) is 4. The Balaban J connectivity index is 1.76. The van der Waals surface area contributed by atoms with E-state index in [0.29, 0.717) is 12.2 Å². The van der Waals surface area contributed by atoms with E-state index in [9.17, 15) is 9.90 Å². The van der Waals surface area contributed by atoms with Crippen LogP contribution in [-0.4, -0.2) is 20.6 Å². The molecule has 0 aliphatic heterocycles. The van der Waals surface area contributed by atoms with E-state index < -0.39 is 5.97 Å². The Morgan fingerprint density at radius 1 is 1.23 bits per heavy atom. The fourth-order valence-corrected chi connectivity index (χ4v) is 4.07. The second-order valence-electron chi connectivity index (χ2n) is 8.53. The van der Waals surface area contributed by atoms with Gasteiger partial charge >= 0.3 is 5.97 Å². The van der Waals surface area contributed by atoms with Crippen LogP contribution in [0, 0.1) is 6.92 Å². The molecule has 0 saturated heterocycles. The summed E-state index contributed by atoms with van der Waals surface area (Å²) in [6, 6.07) is 9.91. The number of unbranched alkanes of at least 4 members (excludes halogenated alkanes) is 1. The molecule has 0 aliphatic carbocycles. The highest BCUT2D eigenvalue weighted by Gasteiger charge is 2.19. The molecule has 0 atom stereocenters. The Kier molecular flexibility index (Phi) is 6.66. The van der Waals surface area contributed by atoms with Gasteiger partial charge in [-0.3, -0.25) is 0 Å². The van der Waals surface area contributed by atoms with Crippen LogP contribution in [-0.2, 0) is 18.6 Å². The number of carbonyl (C=O) groups is 1. The molecule has 0 unspecified atom stereocenters. The molecule has 0 bridgehead atoms. The van der Waals surface area contributed by atoms with Crippen molar-refractivity contribution in [2.24, 2.45) is 0 Å². The first-order chi connectivity index (χ1) is 14.2. The molecule has 3 aromatic rings. The number of benzene rings is 1. The molecule has 5 nitrogen and oxygen atoms in total. The smallest absolute Gasteiger partial charge is 0.337 e. The van der Waals surface area contributed by atoms with Gasteiger partial charge in [-0.05, 0) is 42.5 Å². The van der Waals surface area contributed by atoms with E-state index in [0.717, 1.165) is 47.2 Å². The number of rotatable bonds is 8. The molecule has 0 amide bonds. The van der Waals surface area contributed by atoms with Crippen molar-refractivity contribution >= 4 is 17.3 Å². The summed E-state index contributed by atoms with van der Waals surface area (Å²) in [6.07, 6.45) is 2.04. The predicted molar refractivity (Wildman–Crippen MR) is 122 cm³/mol. The molecular formula is C24H30N2O3S. The topological polar surface area (TPSA) is 64.4 Å². The minimum absolute atomic E-state index is 0.113. The fourth-order valence-electron chi connectivity index (χ4n) is 3.37. The lowest BCUT2D eigenvalue weighted by Crippen LogP contribution is -2.10. The summed E-state index contributed by atoms with van der Waals surface area (Å²) in [7, 11) is 0. The molecule has 30 heavy (non-hydrogen) atoms. The molecule has 0 aliphatic rings. The maximum absolute atomic E-state index is 11.6. The quantitative estimate of drug-likeness (QED) is 0.459. The van der Waals surface area contributed by atoms with Crippen LogP contribution in [0.1, 0.15) is 67.2 Å². The highest BCUT2D eigenvalue weighted by molar-refractivity contribution is 7.09. The molecule has 0 saturated carbocycles. The highest BCUT2D eigenvalue weighted by Crippen LogP contribution is 2.29. The number of aromatic nitrogens is 2. The van der Waals surface area contributed by atoms with Gasteiger partial charge < -0.3 is 14.4 Å². The van der Waals surface area contributed by atoms with E-state index in [4.69, 9.17) is 9.72 Å². The Morgan fingerprint density at radius 2 is 1.93 bits per heavy atom. The normalized spacial score (nSPS) is 11.6. The third kappa shape index (κ3) is 4.93. The van der Waals surface area contributed by atoms with Crippen molar-refractivity contribution in [2.45, 2.75) is 66.0 Å². The molecule has 0 fully saturated rings. The number of nitrogens with zero attached hydrogens (tertiary/aromatic N) is 2. The van der Waals surface area contributed by atoms with E-state index >= 15 is 0 Å². The molecule has 0 radical (unpaired) electrons. The number of aromatic carboxylic acids is 1. The molecule has 3 rings (SSSR count). The average molecular weight is 427 g/mol. The monoisotopic (exact) mass is 426 g/mol.